The second-order valence-electron chi connectivity index (χ2n) is 4.97. The van der Waals surface area contributed by atoms with E-state index in [0.717, 1.165) is 22.8 Å². The van der Waals surface area contributed by atoms with E-state index in [0.29, 0.717) is 0 Å². The third-order valence-corrected chi connectivity index (χ3v) is 4.55. The van der Waals surface area contributed by atoms with Crippen molar-refractivity contribution in [1.29, 1.82) is 0 Å². The highest BCUT2D eigenvalue weighted by atomic mass is 35.5. The molecule has 1 aromatic carbocycles. The fraction of sp³-hybridized carbons (Fsp3) is 0.400. The van der Waals surface area contributed by atoms with Crippen LogP contribution >= 0.6 is 22.9 Å². The molecule has 1 saturated heterocycles. The van der Waals surface area contributed by atoms with Gasteiger partial charge in [-0.1, -0.05) is 30.2 Å². The van der Waals surface area contributed by atoms with Crippen LogP contribution in [0.1, 0.15) is 24.3 Å². The van der Waals surface area contributed by atoms with Crippen LogP contribution < -0.4 is 0 Å². The predicted octanol–water partition coefficient (Wildman–Crippen LogP) is 4.45. The number of nitrogens with zero attached hydrogens (tertiary/aromatic N) is 2. The zero-order valence-corrected chi connectivity index (χ0v) is 12.4. The summed E-state index contributed by atoms with van der Waals surface area (Å²) in [6.45, 7) is 3.42. The van der Waals surface area contributed by atoms with Crippen LogP contribution in [0, 0.1) is 0 Å². The van der Waals surface area contributed by atoms with E-state index in [1.807, 2.05) is 18.2 Å². The molecular weight excluding hydrogens is 276 g/mol. The van der Waals surface area contributed by atoms with Crippen molar-refractivity contribution in [3.63, 3.8) is 0 Å². The lowest BCUT2D eigenvalue weighted by molar-refractivity contribution is 0.220. The molecule has 0 N–H and O–H groups in total. The van der Waals surface area contributed by atoms with Crippen LogP contribution in [0.25, 0.3) is 11.3 Å². The van der Waals surface area contributed by atoms with Gasteiger partial charge in [-0.05, 0) is 38.1 Å². The summed E-state index contributed by atoms with van der Waals surface area (Å²) in [5, 5.41) is 4.10. The number of aromatic nitrogens is 1. The van der Waals surface area contributed by atoms with Crippen molar-refractivity contribution in [2.24, 2.45) is 0 Å². The molecule has 0 aliphatic carbocycles. The first-order chi connectivity index (χ1) is 9.31. The minimum Gasteiger partial charge on any atom is -0.297 e. The molecule has 0 bridgehead atoms. The van der Waals surface area contributed by atoms with Crippen molar-refractivity contribution in [1.82, 2.24) is 9.88 Å². The number of thiazole rings is 1. The van der Waals surface area contributed by atoms with Crippen molar-refractivity contribution >= 4 is 22.9 Å². The Kier molecular flexibility index (Phi) is 4.16. The van der Waals surface area contributed by atoms with Crippen LogP contribution in [-0.2, 0) is 6.54 Å². The minimum atomic E-state index is 0.767. The predicted molar refractivity (Wildman–Crippen MR) is 81.7 cm³/mol. The van der Waals surface area contributed by atoms with E-state index in [2.05, 4.69) is 16.3 Å². The molecule has 1 fully saturated rings. The lowest BCUT2D eigenvalue weighted by atomic mass is 10.1. The van der Waals surface area contributed by atoms with Crippen LogP contribution in [0.4, 0.5) is 0 Å². The molecule has 100 valence electrons. The van der Waals surface area contributed by atoms with Gasteiger partial charge in [-0.2, -0.15) is 0 Å². The van der Waals surface area contributed by atoms with E-state index in [4.69, 9.17) is 16.6 Å². The average molecular weight is 293 g/mol. The van der Waals surface area contributed by atoms with E-state index in [1.54, 1.807) is 11.3 Å². The Hall–Kier alpha value is -0.900. The zero-order valence-electron chi connectivity index (χ0n) is 10.8. The lowest BCUT2D eigenvalue weighted by Gasteiger charge is -2.25. The molecule has 1 aliphatic rings. The average Bonchev–Trinajstić information content (AvgIpc) is 2.88. The third kappa shape index (κ3) is 3.35. The van der Waals surface area contributed by atoms with Crippen LogP contribution in [0.15, 0.2) is 29.6 Å². The molecule has 0 unspecified atom stereocenters. The molecule has 1 aliphatic heterocycles. The first-order valence-electron chi connectivity index (χ1n) is 6.74. The molecule has 3 rings (SSSR count). The van der Waals surface area contributed by atoms with E-state index in [9.17, 15) is 0 Å². The topological polar surface area (TPSA) is 16.1 Å². The van der Waals surface area contributed by atoms with Crippen molar-refractivity contribution in [2.75, 3.05) is 13.1 Å². The molecule has 0 spiro atoms. The maximum atomic E-state index is 6.02. The fourth-order valence-corrected chi connectivity index (χ4v) is 3.51. The van der Waals surface area contributed by atoms with Gasteiger partial charge in [0.2, 0.25) is 0 Å². The van der Waals surface area contributed by atoms with Crippen LogP contribution in [0.2, 0.25) is 5.02 Å². The number of hydrogen-bond donors (Lipinski definition) is 0. The van der Waals surface area contributed by atoms with E-state index < -0.39 is 0 Å². The molecule has 0 saturated carbocycles. The maximum absolute atomic E-state index is 6.02. The fourth-order valence-electron chi connectivity index (χ4n) is 2.47. The molecule has 2 nitrogen and oxygen atoms in total. The zero-order chi connectivity index (χ0) is 13.1. The van der Waals surface area contributed by atoms with Gasteiger partial charge in [0.1, 0.15) is 5.01 Å². The van der Waals surface area contributed by atoms with Gasteiger partial charge in [0, 0.05) is 16.0 Å². The number of halogens is 1. The Morgan fingerprint density at radius 1 is 1.21 bits per heavy atom. The van der Waals surface area contributed by atoms with Gasteiger partial charge in [0.15, 0.2) is 0 Å². The Labute approximate surface area is 123 Å². The Bertz CT molecular complexity index is 547. The summed E-state index contributed by atoms with van der Waals surface area (Å²) < 4.78 is 0. The highest BCUT2D eigenvalue weighted by Gasteiger charge is 2.13. The molecule has 1 aromatic heterocycles. The summed E-state index contributed by atoms with van der Waals surface area (Å²) in [5.41, 5.74) is 2.15. The summed E-state index contributed by atoms with van der Waals surface area (Å²) >= 11 is 7.77. The van der Waals surface area contributed by atoms with E-state index >= 15 is 0 Å². The van der Waals surface area contributed by atoms with Crippen molar-refractivity contribution in [2.45, 2.75) is 25.8 Å². The number of benzene rings is 1. The summed E-state index contributed by atoms with van der Waals surface area (Å²) in [4.78, 5) is 7.24. The highest BCUT2D eigenvalue weighted by Crippen LogP contribution is 2.25. The molecule has 2 heterocycles. The molecule has 0 amide bonds. The van der Waals surface area contributed by atoms with Crippen LogP contribution in [0.5, 0.6) is 0 Å². The SMILES string of the molecule is Clc1cccc(-c2csc(CN3CCCCC3)n2)c1. The number of piperidine rings is 1. The molecule has 0 atom stereocenters. The standard InChI is InChI=1S/C15H17ClN2S/c16-13-6-4-5-12(9-13)14-11-19-15(17-14)10-18-7-2-1-3-8-18/h4-6,9,11H,1-3,7-8,10H2. The van der Waals surface area contributed by atoms with Gasteiger partial charge in [-0.3, -0.25) is 4.90 Å². The Morgan fingerprint density at radius 2 is 2.05 bits per heavy atom. The Morgan fingerprint density at radius 3 is 2.84 bits per heavy atom. The van der Waals surface area contributed by atoms with Gasteiger partial charge in [-0.25, -0.2) is 4.98 Å². The van der Waals surface area contributed by atoms with Crippen LogP contribution in [0.3, 0.4) is 0 Å². The summed E-state index contributed by atoms with van der Waals surface area (Å²) in [6, 6.07) is 7.90. The molecule has 0 radical (unpaired) electrons. The van der Waals surface area contributed by atoms with Crippen molar-refractivity contribution in [3.05, 3.63) is 39.7 Å². The maximum Gasteiger partial charge on any atom is 0.107 e. The van der Waals surface area contributed by atoms with Gasteiger partial charge in [0.05, 0.1) is 12.2 Å². The normalized spacial score (nSPS) is 16.7. The Balaban J connectivity index is 1.72. The number of likely N-dealkylation sites (tertiary alicyclic amines) is 1. The second kappa shape index (κ2) is 6.04. The van der Waals surface area contributed by atoms with Gasteiger partial charge in [-0.15, -0.1) is 11.3 Å². The largest absolute Gasteiger partial charge is 0.297 e. The monoisotopic (exact) mass is 292 g/mol. The number of rotatable bonds is 3. The molecule has 4 heteroatoms. The first-order valence-corrected chi connectivity index (χ1v) is 8.00. The smallest absolute Gasteiger partial charge is 0.107 e. The van der Waals surface area contributed by atoms with Crippen molar-refractivity contribution in [3.8, 4) is 11.3 Å². The van der Waals surface area contributed by atoms with Crippen LogP contribution in [-0.4, -0.2) is 23.0 Å². The summed E-state index contributed by atoms with van der Waals surface area (Å²) in [6.07, 6.45) is 4.03. The quantitative estimate of drug-likeness (QED) is 0.831. The lowest BCUT2D eigenvalue weighted by Crippen LogP contribution is -2.28. The third-order valence-electron chi connectivity index (χ3n) is 3.48. The summed E-state index contributed by atoms with van der Waals surface area (Å²) in [7, 11) is 0. The van der Waals surface area contributed by atoms with Gasteiger partial charge < -0.3 is 0 Å². The van der Waals surface area contributed by atoms with Gasteiger partial charge >= 0.3 is 0 Å². The summed E-state index contributed by atoms with van der Waals surface area (Å²) in [5.74, 6) is 0. The van der Waals surface area contributed by atoms with Crippen molar-refractivity contribution < 1.29 is 0 Å². The highest BCUT2D eigenvalue weighted by molar-refractivity contribution is 7.09. The number of hydrogen-bond acceptors (Lipinski definition) is 3. The molecule has 19 heavy (non-hydrogen) atoms. The second-order valence-corrected chi connectivity index (χ2v) is 6.35. The van der Waals surface area contributed by atoms with E-state index in [-0.39, 0.29) is 0 Å². The first kappa shape index (κ1) is 13.1. The minimum absolute atomic E-state index is 0.767. The van der Waals surface area contributed by atoms with Gasteiger partial charge in [0.25, 0.3) is 0 Å². The molecule has 2 aromatic rings. The van der Waals surface area contributed by atoms with E-state index in [1.165, 1.54) is 37.4 Å². The molecular formula is C15H17ClN2S.